The fraction of sp³-hybridized carbons (Fsp3) is 0.588. The fourth-order valence-electron chi connectivity index (χ4n) is 2.26. The van der Waals surface area contributed by atoms with Gasteiger partial charge in [-0.15, -0.1) is 24.0 Å². The van der Waals surface area contributed by atoms with Crippen molar-refractivity contribution >= 4 is 29.9 Å². The van der Waals surface area contributed by atoms with Gasteiger partial charge >= 0.3 is 6.18 Å². The second-order valence-electron chi connectivity index (χ2n) is 5.77. The minimum absolute atomic E-state index is 0. The van der Waals surface area contributed by atoms with E-state index in [2.05, 4.69) is 15.6 Å². The second-order valence-corrected chi connectivity index (χ2v) is 5.77. The van der Waals surface area contributed by atoms with Crippen molar-refractivity contribution in [2.75, 3.05) is 40.8 Å². The molecule has 1 atom stereocenters. The van der Waals surface area contributed by atoms with Gasteiger partial charge in [0.25, 0.3) is 0 Å². The predicted molar refractivity (Wildman–Crippen MR) is 109 cm³/mol. The lowest BCUT2D eigenvalue weighted by Gasteiger charge is -2.24. The van der Waals surface area contributed by atoms with E-state index in [1.807, 2.05) is 50.2 Å². The number of nitrogens with one attached hydrogen (secondary N) is 2. The van der Waals surface area contributed by atoms with Crippen LogP contribution in [0, 0.1) is 0 Å². The van der Waals surface area contributed by atoms with Gasteiger partial charge in [0.05, 0.1) is 26.1 Å². The third-order valence-electron chi connectivity index (χ3n) is 3.57. The summed E-state index contributed by atoms with van der Waals surface area (Å²) in [5.41, 5.74) is 1.03. The molecule has 150 valence electrons. The minimum Gasteiger partial charge on any atom is -0.497 e. The van der Waals surface area contributed by atoms with Gasteiger partial charge in [-0.05, 0) is 38.7 Å². The van der Waals surface area contributed by atoms with Gasteiger partial charge in [0.15, 0.2) is 5.96 Å². The smallest absolute Gasteiger partial charge is 0.390 e. The van der Waals surface area contributed by atoms with Crippen molar-refractivity contribution in [1.82, 2.24) is 15.5 Å². The van der Waals surface area contributed by atoms with Crippen molar-refractivity contribution in [2.45, 2.75) is 25.6 Å². The molecule has 0 spiro atoms. The average Bonchev–Trinajstić information content (AvgIpc) is 2.53. The molecule has 0 bridgehead atoms. The first-order valence-corrected chi connectivity index (χ1v) is 8.16. The Morgan fingerprint density at radius 3 is 2.50 bits per heavy atom. The first-order valence-electron chi connectivity index (χ1n) is 8.16. The van der Waals surface area contributed by atoms with Crippen molar-refractivity contribution < 1.29 is 17.9 Å². The highest BCUT2D eigenvalue weighted by atomic mass is 127. The van der Waals surface area contributed by atoms with Gasteiger partial charge in [-0.2, -0.15) is 13.2 Å². The largest absolute Gasteiger partial charge is 0.497 e. The number of methoxy groups -OCH3 is 1. The van der Waals surface area contributed by atoms with E-state index in [0.29, 0.717) is 19.0 Å². The number of nitrogens with zero attached hydrogens (tertiary/aromatic N) is 2. The number of benzene rings is 1. The highest BCUT2D eigenvalue weighted by Crippen LogP contribution is 2.23. The number of likely N-dealkylation sites (N-methyl/N-ethyl adjacent to an activating group) is 1. The third-order valence-corrected chi connectivity index (χ3v) is 3.57. The van der Waals surface area contributed by atoms with Gasteiger partial charge < -0.3 is 20.3 Å². The van der Waals surface area contributed by atoms with Gasteiger partial charge in [-0.1, -0.05) is 12.1 Å². The summed E-state index contributed by atoms with van der Waals surface area (Å²) in [5, 5.41) is 5.69. The van der Waals surface area contributed by atoms with Crippen LogP contribution in [0.1, 0.15) is 24.9 Å². The zero-order valence-electron chi connectivity index (χ0n) is 15.6. The first-order chi connectivity index (χ1) is 11.8. The predicted octanol–water partition coefficient (Wildman–Crippen LogP) is 3.42. The van der Waals surface area contributed by atoms with Crippen LogP contribution < -0.4 is 15.4 Å². The van der Waals surface area contributed by atoms with E-state index in [-0.39, 0.29) is 36.6 Å². The van der Waals surface area contributed by atoms with Crippen molar-refractivity contribution in [3.05, 3.63) is 29.8 Å². The summed E-state index contributed by atoms with van der Waals surface area (Å²) in [5.74, 6) is 1.13. The summed E-state index contributed by atoms with van der Waals surface area (Å²) in [4.78, 5) is 6.44. The van der Waals surface area contributed by atoms with Crippen molar-refractivity contribution in [1.29, 1.82) is 0 Å². The number of rotatable bonds is 8. The Morgan fingerprint density at radius 1 is 1.27 bits per heavy atom. The fourth-order valence-corrected chi connectivity index (χ4v) is 2.26. The van der Waals surface area contributed by atoms with Crippen molar-refractivity contribution in [3.8, 4) is 5.75 Å². The van der Waals surface area contributed by atoms with Crippen LogP contribution in [0.4, 0.5) is 13.2 Å². The van der Waals surface area contributed by atoms with Crippen LogP contribution >= 0.6 is 24.0 Å². The average molecular weight is 488 g/mol. The quantitative estimate of drug-likeness (QED) is 0.335. The Bertz CT molecular complexity index is 553. The van der Waals surface area contributed by atoms with E-state index in [1.165, 1.54) is 0 Å². The lowest BCUT2D eigenvalue weighted by molar-refractivity contribution is -0.132. The van der Waals surface area contributed by atoms with Gasteiger partial charge in [-0.3, -0.25) is 4.99 Å². The van der Waals surface area contributed by atoms with Gasteiger partial charge in [0.2, 0.25) is 0 Å². The lowest BCUT2D eigenvalue weighted by atomic mass is 10.1. The molecule has 9 heteroatoms. The number of hydrogen-bond acceptors (Lipinski definition) is 3. The zero-order valence-corrected chi connectivity index (χ0v) is 17.9. The normalized spacial score (nSPS) is 13.2. The maximum atomic E-state index is 12.3. The van der Waals surface area contributed by atoms with Crippen LogP contribution in [-0.4, -0.2) is 57.9 Å². The van der Waals surface area contributed by atoms with E-state index < -0.39 is 12.6 Å². The van der Waals surface area contributed by atoms with E-state index in [9.17, 15) is 13.2 Å². The molecule has 0 saturated carbocycles. The van der Waals surface area contributed by atoms with Crippen LogP contribution in [-0.2, 0) is 0 Å². The van der Waals surface area contributed by atoms with E-state index in [1.54, 1.807) is 7.11 Å². The number of guanidine groups is 1. The SMILES string of the molecule is CCNC(=NCC(c1cccc(OC)c1)N(C)C)NCCC(F)(F)F.I. The second kappa shape index (κ2) is 12.2. The van der Waals surface area contributed by atoms with E-state index in [0.717, 1.165) is 11.3 Å². The molecule has 0 aliphatic carbocycles. The highest BCUT2D eigenvalue weighted by Gasteiger charge is 2.26. The standard InChI is InChI=1S/C17H27F3N4O.HI/c1-5-21-16(22-10-9-17(18,19)20)23-12-15(24(2)3)13-7-6-8-14(11-13)25-4;/h6-8,11,15H,5,9-10,12H2,1-4H3,(H2,21,22,23);1H. The summed E-state index contributed by atoms with van der Waals surface area (Å²) in [6.07, 6.45) is -5.08. The Kier molecular flexibility index (Phi) is 11.6. The molecule has 5 nitrogen and oxygen atoms in total. The minimum atomic E-state index is -4.18. The summed E-state index contributed by atoms with van der Waals surface area (Å²) >= 11 is 0. The van der Waals surface area contributed by atoms with E-state index >= 15 is 0 Å². The number of ether oxygens (including phenoxy) is 1. The molecule has 0 aliphatic heterocycles. The Balaban J connectivity index is 0.00000625. The zero-order chi connectivity index (χ0) is 18.9. The monoisotopic (exact) mass is 488 g/mol. The Labute approximate surface area is 170 Å². The number of halogens is 4. The van der Waals surface area contributed by atoms with Crippen LogP contribution in [0.5, 0.6) is 5.75 Å². The van der Waals surface area contributed by atoms with Gasteiger partial charge in [-0.25, -0.2) is 0 Å². The molecule has 1 rings (SSSR count). The van der Waals surface area contributed by atoms with Crippen molar-refractivity contribution in [2.24, 2.45) is 4.99 Å². The topological polar surface area (TPSA) is 48.9 Å². The molecule has 1 aromatic carbocycles. The van der Waals surface area contributed by atoms with Crippen molar-refractivity contribution in [3.63, 3.8) is 0 Å². The number of alkyl halides is 3. The molecular formula is C17H28F3IN4O. The van der Waals surface area contributed by atoms with Crippen LogP contribution in [0.2, 0.25) is 0 Å². The molecule has 26 heavy (non-hydrogen) atoms. The molecule has 0 amide bonds. The molecule has 1 aromatic rings. The third kappa shape index (κ3) is 9.46. The highest BCUT2D eigenvalue weighted by molar-refractivity contribution is 14.0. The maximum Gasteiger partial charge on any atom is 0.390 e. The summed E-state index contributed by atoms with van der Waals surface area (Å²) in [7, 11) is 5.48. The van der Waals surface area contributed by atoms with E-state index in [4.69, 9.17) is 4.74 Å². The summed E-state index contributed by atoms with van der Waals surface area (Å²) in [6, 6.07) is 7.66. The van der Waals surface area contributed by atoms with Crippen LogP contribution in [0.25, 0.3) is 0 Å². The summed E-state index contributed by atoms with van der Waals surface area (Å²) in [6.45, 7) is 2.64. The molecule has 0 radical (unpaired) electrons. The van der Waals surface area contributed by atoms with Crippen LogP contribution in [0.3, 0.4) is 0 Å². The van der Waals surface area contributed by atoms with Gasteiger partial charge in [0.1, 0.15) is 5.75 Å². The molecule has 2 N–H and O–H groups in total. The molecule has 0 saturated heterocycles. The first kappa shape index (κ1) is 24.8. The lowest BCUT2D eigenvalue weighted by Crippen LogP contribution is -2.39. The molecular weight excluding hydrogens is 460 g/mol. The molecule has 0 aromatic heterocycles. The maximum absolute atomic E-state index is 12.3. The number of hydrogen-bond donors (Lipinski definition) is 2. The van der Waals surface area contributed by atoms with Gasteiger partial charge in [0, 0.05) is 13.1 Å². The Hall–Kier alpha value is -1.23. The number of aliphatic imine (C=N–C) groups is 1. The summed E-state index contributed by atoms with van der Waals surface area (Å²) < 4.78 is 42.1. The Morgan fingerprint density at radius 2 is 1.96 bits per heavy atom. The molecule has 0 aliphatic rings. The molecule has 0 heterocycles. The van der Waals surface area contributed by atoms with Crippen LogP contribution in [0.15, 0.2) is 29.3 Å². The molecule has 1 unspecified atom stereocenters. The molecule has 0 fully saturated rings.